The van der Waals surface area contributed by atoms with Gasteiger partial charge < -0.3 is 0 Å². The summed E-state index contributed by atoms with van der Waals surface area (Å²) < 4.78 is 0.999. The fourth-order valence-corrected chi connectivity index (χ4v) is 1.76. The topological polar surface area (TPSA) is 70.1 Å². The van der Waals surface area contributed by atoms with Crippen molar-refractivity contribution in [2.24, 2.45) is 5.10 Å². The summed E-state index contributed by atoms with van der Waals surface area (Å²) in [7, 11) is 0. The van der Waals surface area contributed by atoms with Crippen molar-refractivity contribution in [2.75, 3.05) is 5.43 Å². The first kappa shape index (κ1) is 13.8. The molecule has 19 heavy (non-hydrogen) atoms. The van der Waals surface area contributed by atoms with Gasteiger partial charge >= 0.3 is 0 Å². The zero-order valence-electron chi connectivity index (χ0n) is 9.95. The van der Waals surface area contributed by atoms with Gasteiger partial charge in [-0.2, -0.15) is 10.2 Å². The Hall–Kier alpha value is -1.66. The van der Waals surface area contributed by atoms with Crippen LogP contribution in [0.25, 0.3) is 0 Å². The molecule has 1 aromatic heterocycles. The van der Waals surface area contributed by atoms with Gasteiger partial charge in [-0.1, -0.05) is 39.7 Å². The number of benzene rings is 1. The summed E-state index contributed by atoms with van der Waals surface area (Å²) in [6.07, 6.45) is 1.40. The third kappa shape index (κ3) is 3.42. The highest BCUT2D eigenvalue weighted by molar-refractivity contribution is 9.10. The lowest BCUT2D eigenvalue weighted by molar-refractivity contribution is 0.986. The van der Waals surface area contributed by atoms with E-state index in [0.717, 1.165) is 15.7 Å². The van der Waals surface area contributed by atoms with Gasteiger partial charge in [-0.05, 0) is 24.6 Å². The van der Waals surface area contributed by atoms with Crippen molar-refractivity contribution in [2.45, 2.75) is 6.92 Å². The Morgan fingerprint density at radius 3 is 2.79 bits per heavy atom. The van der Waals surface area contributed by atoms with Crippen molar-refractivity contribution in [3.63, 3.8) is 0 Å². The lowest BCUT2D eigenvalue weighted by Crippen LogP contribution is -2.10. The Balaban J connectivity index is 2.20. The van der Waals surface area contributed by atoms with E-state index in [1.807, 2.05) is 31.2 Å². The number of hydrogen-bond donors (Lipinski definition) is 2. The van der Waals surface area contributed by atoms with Crippen LogP contribution in [0.1, 0.15) is 12.5 Å². The lowest BCUT2D eigenvalue weighted by Gasteiger charge is -2.04. The largest absolute Gasteiger partial charge is 0.285 e. The predicted molar refractivity (Wildman–Crippen MR) is 79.8 cm³/mol. The Morgan fingerprint density at radius 2 is 2.11 bits per heavy atom. The summed E-state index contributed by atoms with van der Waals surface area (Å²) in [5.41, 5.74) is 4.37. The maximum atomic E-state index is 11.2. The van der Waals surface area contributed by atoms with Gasteiger partial charge in [0.1, 0.15) is 10.7 Å². The number of halogens is 2. The molecular weight excluding hydrogens is 332 g/mol. The summed E-state index contributed by atoms with van der Waals surface area (Å²) in [6, 6.07) is 7.72. The summed E-state index contributed by atoms with van der Waals surface area (Å²) in [5, 5.41) is 10.1. The summed E-state index contributed by atoms with van der Waals surface area (Å²) in [4.78, 5) is 11.2. The zero-order valence-corrected chi connectivity index (χ0v) is 12.3. The van der Waals surface area contributed by atoms with E-state index in [2.05, 4.69) is 36.7 Å². The molecule has 7 heteroatoms. The molecule has 0 amide bonds. The maximum absolute atomic E-state index is 11.2. The third-order valence-corrected chi connectivity index (χ3v) is 3.31. The minimum Gasteiger partial charge on any atom is -0.275 e. The highest BCUT2D eigenvalue weighted by Crippen LogP contribution is 2.15. The minimum atomic E-state index is -0.455. The van der Waals surface area contributed by atoms with E-state index in [-0.39, 0.29) is 5.02 Å². The van der Waals surface area contributed by atoms with Gasteiger partial charge in [0.2, 0.25) is 0 Å². The van der Waals surface area contributed by atoms with Crippen LogP contribution in [0.4, 0.5) is 5.69 Å². The average molecular weight is 342 g/mol. The van der Waals surface area contributed by atoms with Crippen LogP contribution in [0.3, 0.4) is 0 Å². The molecule has 0 spiro atoms. The first-order valence-corrected chi connectivity index (χ1v) is 6.54. The molecule has 0 saturated carbocycles. The number of nitrogens with zero attached hydrogens (tertiary/aromatic N) is 2. The van der Waals surface area contributed by atoms with Gasteiger partial charge in [0, 0.05) is 4.47 Å². The van der Waals surface area contributed by atoms with Crippen LogP contribution in [0.15, 0.2) is 44.8 Å². The van der Waals surface area contributed by atoms with Crippen LogP contribution >= 0.6 is 27.5 Å². The van der Waals surface area contributed by atoms with E-state index in [4.69, 9.17) is 11.6 Å². The quantitative estimate of drug-likeness (QED) is 0.666. The molecule has 0 unspecified atom stereocenters. The van der Waals surface area contributed by atoms with E-state index in [1.165, 1.54) is 6.20 Å². The number of hydrogen-bond acceptors (Lipinski definition) is 4. The standard InChI is InChI=1S/C12H10BrClN4O/c1-7(8-2-4-9(13)5-3-8)16-17-10-6-15-18-12(19)11(10)14/h2-6H,1H3,(H2,17,18,19)/b16-7+. The second kappa shape index (κ2) is 5.99. The van der Waals surface area contributed by atoms with E-state index in [1.54, 1.807) is 0 Å². The molecule has 0 radical (unpaired) electrons. The molecule has 0 atom stereocenters. The number of hydrazone groups is 1. The molecule has 1 aromatic carbocycles. The molecule has 0 aliphatic carbocycles. The number of nitrogens with one attached hydrogen (secondary N) is 2. The predicted octanol–water partition coefficient (Wildman–Crippen LogP) is 3.02. The fourth-order valence-electron chi connectivity index (χ4n) is 1.36. The maximum Gasteiger partial charge on any atom is 0.285 e. The second-order valence-corrected chi connectivity index (χ2v) is 5.04. The highest BCUT2D eigenvalue weighted by atomic mass is 79.9. The van der Waals surface area contributed by atoms with Crippen molar-refractivity contribution in [3.05, 3.63) is 55.9 Å². The lowest BCUT2D eigenvalue weighted by atomic mass is 10.1. The van der Waals surface area contributed by atoms with Crippen molar-refractivity contribution >= 4 is 38.9 Å². The number of aromatic amines is 1. The third-order valence-electron chi connectivity index (χ3n) is 2.40. The van der Waals surface area contributed by atoms with Crippen molar-refractivity contribution < 1.29 is 0 Å². The molecule has 98 valence electrons. The van der Waals surface area contributed by atoms with E-state index in [0.29, 0.717) is 5.69 Å². The van der Waals surface area contributed by atoms with Crippen LogP contribution in [0.5, 0.6) is 0 Å². The van der Waals surface area contributed by atoms with Gasteiger partial charge in [0.15, 0.2) is 0 Å². The van der Waals surface area contributed by atoms with Crippen LogP contribution < -0.4 is 11.0 Å². The summed E-state index contributed by atoms with van der Waals surface area (Å²) >= 11 is 9.19. The Bertz CT molecular complexity index is 666. The van der Waals surface area contributed by atoms with Gasteiger partial charge in [0.25, 0.3) is 5.56 Å². The van der Waals surface area contributed by atoms with Gasteiger partial charge in [-0.3, -0.25) is 10.2 Å². The normalized spacial score (nSPS) is 11.4. The SMILES string of the molecule is C/C(=N\Nc1cn[nH]c(=O)c1Cl)c1ccc(Br)cc1. The molecule has 1 heterocycles. The summed E-state index contributed by atoms with van der Waals surface area (Å²) in [6.45, 7) is 1.85. The van der Waals surface area contributed by atoms with Gasteiger partial charge in [0.05, 0.1) is 11.9 Å². The van der Waals surface area contributed by atoms with Gasteiger partial charge in [-0.15, -0.1) is 0 Å². The Kier molecular flexibility index (Phi) is 4.34. The first-order valence-electron chi connectivity index (χ1n) is 5.37. The average Bonchev–Trinajstić information content (AvgIpc) is 2.41. The van der Waals surface area contributed by atoms with Gasteiger partial charge in [-0.25, -0.2) is 5.10 Å². The van der Waals surface area contributed by atoms with Crippen molar-refractivity contribution in [1.29, 1.82) is 0 Å². The molecule has 2 aromatic rings. The number of aromatic nitrogens is 2. The van der Waals surface area contributed by atoms with Crippen molar-refractivity contribution in [1.82, 2.24) is 10.2 Å². The molecule has 0 aliphatic heterocycles. The second-order valence-electron chi connectivity index (χ2n) is 3.74. The van der Waals surface area contributed by atoms with E-state index >= 15 is 0 Å². The van der Waals surface area contributed by atoms with Crippen LogP contribution in [0.2, 0.25) is 5.02 Å². The molecule has 0 aliphatic rings. The molecule has 2 N–H and O–H groups in total. The minimum absolute atomic E-state index is 0.0300. The molecule has 0 saturated heterocycles. The highest BCUT2D eigenvalue weighted by Gasteiger charge is 2.04. The molecule has 0 fully saturated rings. The molecular formula is C12H10BrClN4O. The number of anilines is 1. The van der Waals surface area contributed by atoms with Crippen LogP contribution in [-0.4, -0.2) is 15.9 Å². The van der Waals surface area contributed by atoms with Crippen LogP contribution in [-0.2, 0) is 0 Å². The van der Waals surface area contributed by atoms with E-state index < -0.39 is 5.56 Å². The number of rotatable bonds is 3. The van der Waals surface area contributed by atoms with Crippen LogP contribution in [0, 0.1) is 0 Å². The zero-order chi connectivity index (χ0) is 13.8. The first-order chi connectivity index (χ1) is 9.08. The molecule has 0 bridgehead atoms. The van der Waals surface area contributed by atoms with E-state index in [9.17, 15) is 4.79 Å². The molecule has 5 nitrogen and oxygen atoms in total. The monoisotopic (exact) mass is 340 g/mol. The number of H-pyrrole nitrogens is 1. The molecule has 2 rings (SSSR count). The Morgan fingerprint density at radius 1 is 1.42 bits per heavy atom. The fraction of sp³-hybridized carbons (Fsp3) is 0.0833. The van der Waals surface area contributed by atoms with Crippen molar-refractivity contribution in [3.8, 4) is 0 Å². The Labute approximate surface area is 122 Å². The summed E-state index contributed by atoms with van der Waals surface area (Å²) in [5.74, 6) is 0. The smallest absolute Gasteiger partial charge is 0.275 e.